The molecule has 3 N–H and O–H groups in total. The van der Waals surface area contributed by atoms with Crippen molar-refractivity contribution in [2.24, 2.45) is 0 Å². The Morgan fingerprint density at radius 2 is 1.92 bits per heavy atom. The average molecular weight is 364 g/mol. The van der Waals surface area contributed by atoms with Crippen molar-refractivity contribution in [1.29, 1.82) is 0 Å². The molecule has 3 amide bonds. The van der Waals surface area contributed by atoms with E-state index in [0.29, 0.717) is 0 Å². The molecule has 1 aromatic rings. The van der Waals surface area contributed by atoms with Gasteiger partial charge >= 0.3 is 17.8 Å². The number of hydrogen-bond donors (Lipinski definition) is 3. The number of carbonyl (C=O) groups is 5. The second-order valence-electron chi connectivity index (χ2n) is 4.96. The number of anilines is 1. The second kappa shape index (κ2) is 6.69. The first-order valence-corrected chi connectivity index (χ1v) is 7.58. The number of imide groups is 1. The molecule has 2 heterocycles. The molecule has 0 aliphatic carbocycles. The van der Waals surface area contributed by atoms with Gasteiger partial charge in [0.05, 0.1) is 12.1 Å². The van der Waals surface area contributed by atoms with E-state index in [2.05, 4.69) is 6.58 Å². The maximum Gasteiger partial charge on any atom is 0.394 e. The Morgan fingerprint density at radius 3 is 2.40 bits per heavy atom. The van der Waals surface area contributed by atoms with Crippen molar-refractivity contribution in [3.8, 4) is 0 Å². The van der Waals surface area contributed by atoms with E-state index >= 15 is 0 Å². The standard InChI is InChI=1S/C15H12N2O7S/c1-3-8-6(2)12(19)17(13(8)20)5-7-4-9(14(21)22)11(25-7)16-10(18)15(23)24/h3-4H,1,5H2,2H3,(H,16,18)(H,21,22)(H,23,24). The van der Waals surface area contributed by atoms with E-state index in [-0.39, 0.29) is 33.1 Å². The fourth-order valence-corrected chi connectivity index (χ4v) is 3.22. The summed E-state index contributed by atoms with van der Waals surface area (Å²) in [4.78, 5) is 58.6. The summed E-state index contributed by atoms with van der Waals surface area (Å²) in [5, 5.41) is 19.5. The van der Waals surface area contributed by atoms with Crippen LogP contribution in [0.25, 0.3) is 0 Å². The van der Waals surface area contributed by atoms with Gasteiger partial charge < -0.3 is 15.5 Å². The molecule has 1 aromatic heterocycles. The van der Waals surface area contributed by atoms with Crippen molar-refractivity contribution < 1.29 is 34.2 Å². The maximum atomic E-state index is 12.2. The number of aromatic carboxylic acids is 1. The zero-order valence-corrected chi connectivity index (χ0v) is 13.7. The zero-order chi connectivity index (χ0) is 18.9. The normalized spacial score (nSPS) is 14.0. The van der Waals surface area contributed by atoms with Crippen LogP contribution in [0.4, 0.5) is 5.00 Å². The largest absolute Gasteiger partial charge is 0.478 e. The van der Waals surface area contributed by atoms with Gasteiger partial charge in [0.25, 0.3) is 11.8 Å². The number of nitrogens with zero attached hydrogens (tertiary/aromatic N) is 1. The SMILES string of the molecule is C=CC1=C(C)C(=O)N(Cc2cc(C(=O)O)c(NC(=O)C(=O)O)s2)C1=O. The number of amides is 3. The summed E-state index contributed by atoms with van der Waals surface area (Å²) in [7, 11) is 0. The molecule has 25 heavy (non-hydrogen) atoms. The molecular formula is C15H12N2O7S. The van der Waals surface area contributed by atoms with Gasteiger partial charge in [0.1, 0.15) is 5.00 Å². The summed E-state index contributed by atoms with van der Waals surface area (Å²) in [6.45, 7) is 4.75. The summed E-state index contributed by atoms with van der Waals surface area (Å²) < 4.78 is 0. The number of hydrogen-bond acceptors (Lipinski definition) is 6. The molecule has 0 spiro atoms. The first kappa shape index (κ1) is 18.1. The number of carboxylic acid groups (broad SMARTS) is 2. The van der Waals surface area contributed by atoms with Crippen molar-refractivity contribution in [2.75, 3.05) is 5.32 Å². The van der Waals surface area contributed by atoms with Gasteiger partial charge in [0.2, 0.25) is 0 Å². The Morgan fingerprint density at radius 1 is 1.28 bits per heavy atom. The Balaban J connectivity index is 2.30. The quantitative estimate of drug-likeness (QED) is 0.519. The Hall–Kier alpha value is -3.27. The predicted molar refractivity (Wildman–Crippen MR) is 86.0 cm³/mol. The molecule has 1 aliphatic rings. The molecule has 10 heteroatoms. The van der Waals surface area contributed by atoms with Crippen LogP contribution in [-0.2, 0) is 25.7 Å². The lowest BCUT2D eigenvalue weighted by atomic mass is 10.2. The minimum absolute atomic E-state index is 0.166. The lowest BCUT2D eigenvalue weighted by molar-refractivity contribution is -0.147. The predicted octanol–water partition coefficient (Wildman–Crippen LogP) is 0.841. The molecule has 0 aromatic carbocycles. The first-order chi connectivity index (χ1) is 11.7. The molecule has 0 saturated carbocycles. The van der Waals surface area contributed by atoms with Crippen molar-refractivity contribution in [2.45, 2.75) is 13.5 Å². The molecule has 0 atom stereocenters. The van der Waals surface area contributed by atoms with Gasteiger partial charge in [0.15, 0.2) is 0 Å². The molecule has 0 fully saturated rings. The third-order valence-electron chi connectivity index (χ3n) is 3.40. The number of carboxylic acids is 2. The van der Waals surface area contributed by atoms with Crippen LogP contribution in [0.3, 0.4) is 0 Å². The highest BCUT2D eigenvalue weighted by molar-refractivity contribution is 7.16. The van der Waals surface area contributed by atoms with Crippen LogP contribution >= 0.6 is 11.3 Å². The number of nitrogens with one attached hydrogen (secondary N) is 1. The van der Waals surface area contributed by atoms with Crippen LogP contribution < -0.4 is 5.32 Å². The molecule has 2 rings (SSSR count). The van der Waals surface area contributed by atoms with Crippen LogP contribution in [0.2, 0.25) is 0 Å². The van der Waals surface area contributed by atoms with E-state index in [1.165, 1.54) is 19.1 Å². The van der Waals surface area contributed by atoms with Gasteiger partial charge in [-0.25, -0.2) is 9.59 Å². The highest BCUT2D eigenvalue weighted by atomic mass is 32.1. The van der Waals surface area contributed by atoms with E-state index in [1.807, 2.05) is 5.32 Å². The second-order valence-corrected chi connectivity index (χ2v) is 6.10. The van der Waals surface area contributed by atoms with Gasteiger partial charge in [-0.15, -0.1) is 11.3 Å². The Bertz CT molecular complexity index is 865. The van der Waals surface area contributed by atoms with E-state index in [4.69, 9.17) is 10.2 Å². The van der Waals surface area contributed by atoms with Gasteiger partial charge in [-0.1, -0.05) is 12.7 Å². The van der Waals surface area contributed by atoms with Gasteiger partial charge in [-0.05, 0) is 13.0 Å². The maximum absolute atomic E-state index is 12.2. The van der Waals surface area contributed by atoms with Crippen molar-refractivity contribution in [3.63, 3.8) is 0 Å². The summed E-state index contributed by atoms with van der Waals surface area (Å²) in [6, 6.07) is 1.17. The van der Waals surface area contributed by atoms with E-state index < -0.39 is 29.7 Å². The minimum atomic E-state index is -1.77. The summed E-state index contributed by atoms with van der Waals surface area (Å²) in [5.74, 6) is -5.63. The molecule has 9 nitrogen and oxygen atoms in total. The third kappa shape index (κ3) is 3.33. The zero-order valence-electron chi connectivity index (χ0n) is 12.9. The summed E-state index contributed by atoms with van der Waals surface area (Å²) in [5.41, 5.74) is 0.0659. The Labute approximate surface area is 144 Å². The van der Waals surface area contributed by atoms with E-state index in [0.717, 1.165) is 16.2 Å². The molecule has 0 saturated heterocycles. The van der Waals surface area contributed by atoms with Crippen molar-refractivity contribution in [1.82, 2.24) is 4.90 Å². The van der Waals surface area contributed by atoms with Crippen molar-refractivity contribution in [3.05, 3.63) is 40.3 Å². The monoisotopic (exact) mass is 364 g/mol. The smallest absolute Gasteiger partial charge is 0.394 e. The van der Waals surface area contributed by atoms with Crippen LogP contribution in [0.1, 0.15) is 22.2 Å². The van der Waals surface area contributed by atoms with Gasteiger partial charge in [-0.2, -0.15) is 0 Å². The molecule has 0 bridgehead atoms. The highest BCUT2D eigenvalue weighted by Gasteiger charge is 2.35. The first-order valence-electron chi connectivity index (χ1n) is 6.77. The molecule has 0 radical (unpaired) electrons. The highest BCUT2D eigenvalue weighted by Crippen LogP contribution is 2.31. The van der Waals surface area contributed by atoms with E-state index in [9.17, 15) is 24.0 Å². The molecule has 0 unspecified atom stereocenters. The number of carbonyl (C=O) groups excluding carboxylic acids is 3. The Kier molecular flexibility index (Phi) is 4.84. The lowest BCUT2D eigenvalue weighted by Crippen LogP contribution is -2.30. The summed E-state index contributed by atoms with van der Waals surface area (Å²) in [6.07, 6.45) is 1.27. The average Bonchev–Trinajstić information content (AvgIpc) is 3.02. The third-order valence-corrected chi connectivity index (χ3v) is 4.43. The minimum Gasteiger partial charge on any atom is -0.478 e. The molecular weight excluding hydrogens is 352 g/mol. The van der Waals surface area contributed by atoms with Crippen LogP contribution in [0, 0.1) is 0 Å². The van der Waals surface area contributed by atoms with Crippen LogP contribution in [0.5, 0.6) is 0 Å². The molecule has 130 valence electrons. The van der Waals surface area contributed by atoms with Crippen LogP contribution in [0.15, 0.2) is 29.9 Å². The number of rotatable bonds is 5. The van der Waals surface area contributed by atoms with Crippen LogP contribution in [-0.4, -0.2) is 44.8 Å². The fourth-order valence-electron chi connectivity index (χ4n) is 2.18. The molecule has 1 aliphatic heterocycles. The topological polar surface area (TPSA) is 141 Å². The lowest BCUT2D eigenvalue weighted by Gasteiger charge is -2.13. The van der Waals surface area contributed by atoms with Gasteiger partial charge in [0, 0.05) is 16.0 Å². The van der Waals surface area contributed by atoms with Gasteiger partial charge in [-0.3, -0.25) is 19.3 Å². The fraction of sp³-hybridized carbons (Fsp3) is 0.133. The van der Waals surface area contributed by atoms with E-state index in [1.54, 1.807) is 0 Å². The summed E-state index contributed by atoms with van der Waals surface area (Å²) >= 11 is 0.768. The van der Waals surface area contributed by atoms with Crippen molar-refractivity contribution >= 4 is 46.0 Å². The number of thiophene rings is 1. The number of aliphatic carboxylic acids is 1.